The Balaban J connectivity index is 1.89. The smallest absolute Gasteiger partial charge is 0.277 e. The highest BCUT2D eigenvalue weighted by Gasteiger charge is 2.27. The van der Waals surface area contributed by atoms with Gasteiger partial charge in [-0.25, -0.2) is 4.52 Å². The molecule has 1 atom stereocenters. The van der Waals surface area contributed by atoms with Gasteiger partial charge in [0, 0.05) is 25.2 Å². The molecule has 0 saturated carbocycles. The zero-order chi connectivity index (χ0) is 19.1. The number of piperidine rings is 1. The number of likely N-dealkylation sites (tertiary alicyclic amines) is 1. The molecule has 0 aliphatic carbocycles. The Morgan fingerprint density at radius 1 is 1.19 bits per heavy atom. The summed E-state index contributed by atoms with van der Waals surface area (Å²) in [5, 5.41) is 4.54. The minimum absolute atomic E-state index is 0.0789. The fourth-order valence-corrected chi connectivity index (χ4v) is 4.03. The Morgan fingerprint density at radius 3 is 2.63 bits per heavy atom. The molecule has 1 amide bonds. The standard InChI is InChI=1S/C21H26N4O2/c1-14(2)13-24-17-9-4-5-10-18(17)25-19(21(24)27)12-16(22-25)20(26)23-11-7-6-8-15(23)3/h4-5,9-10,12,14-15H,6-8,11,13H2,1-3H3/t15-/m1/s1. The number of amides is 1. The largest absolute Gasteiger partial charge is 0.335 e. The number of benzene rings is 1. The number of fused-ring (bicyclic) bond motifs is 3. The van der Waals surface area contributed by atoms with E-state index in [4.69, 9.17) is 0 Å². The van der Waals surface area contributed by atoms with Gasteiger partial charge in [0.15, 0.2) is 5.69 Å². The van der Waals surface area contributed by atoms with Crippen LogP contribution < -0.4 is 5.56 Å². The number of para-hydroxylation sites is 2. The van der Waals surface area contributed by atoms with Crippen LogP contribution in [0, 0.1) is 5.92 Å². The molecule has 0 unspecified atom stereocenters. The summed E-state index contributed by atoms with van der Waals surface area (Å²) < 4.78 is 3.44. The molecular formula is C21H26N4O2. The van der Waals surface area contributed by atoms with Gasteiger partial charge in [0.25, 0.3) is 11.5 Å². The van der Waals surface area contributed by atoms with Gasteiger partial charge in [-0.1, -0.05) is 26.0 Å². The first-order chi connectivity index (χ1) is 13.0. The van der Waals surface area contributed by atoms with E-state index in [0.29, 0.717) is 23.7 Å². The average molecular weight is 366 g/mol. The first-order valence-electron chi connectivity index (χ1n) is 9.79. The number of hydrogen-bond acceptors (Lipinski definition) is 3. The monoisotopic (exact) mass is 366 g/mol. The number of rotatable bonds is 3. The summed E-state index contributed by atoms with van der Waals surface area (Å²) >= 11 is 0. The molecule has 6 heteroatoms. The Bertz CT molecular complexity index is 1060. The number of hydrogen-bond donors (Lipinski definition) is 0. The van der Waals surface area contributed by atoms with Crippen LogP contribution in [0.2, 0.25) is 0 Å². The molecule has 0 N–H and O–H groups in total. The van der Waals surface area contributed by atoms with Crippen molar-refractivity contribution in [2.24, 2.45) is 5.92 Å². The minimum atomic E-state index is -0.0966. The second kappa shape index (κ2) is 6.83. The third kappa shape index (κ3) is 3.03. The van der Waals surface area contributed by atoms with Crippen molar-refractivity contribution < 1.29 is 4.79 Å². The predicted octanol–water partition coefficient (Wildman–Crippen LogP) is 3.32. The van der Waals surface area contributed by atoms with Crippen molar-refractivity contribution in [3.63, 3.8) is 0 Å². The maximum absolute atomic E-state index is 13.1. The highest BCUT2D eigenvalue weighted by molar-refractivity contribution is 5.94. The van der Waals surface area contributed by atoms with Gasteiger partial charge in [-0.15, -0.1) is 0 Å². The summed E-state index contributed by atoms with van der Waals surface area (Å²) in [5.74, 6) is 0.261. The van der Waals surface area contributed by atoms with Crippen LogP contribution in [0.5, 0.6) is 0 Å². The Morgan fingerprint density at radius 2 is 1.93 bits per heavy atom. The third-order valence-electron chi connectivity index (χ3n) is 5.41. The molecular weight excluding hydrogens is 340 g/mol. The zero-order valence-corrected chi connectivity index (χ0v) is 16.2. The van der Waals surface area contributed by atoms with Gasteiger partial charge in [-0.05, 0) is 44.2 Å². The van der Waals surface area contributed by atoms with Crippen molar-refractivity contribution >= 4 is 22.5 Å². The second-order valence-corrected chi connectivity index (χ2v) is 7.97. The van der Waals surface area contributed by atoms with E-state index in [1.165, 1.54) is 0 Å². The van der Waals surface area contributed by atoms with E-state index in [1.807, 2.05) is 29.2 Å². The third-order valence-corrected chi connectivity index (χ3v) is 5.41. The maximum Gasteiger partial charge on any atom is 0.277 e. The van der Waals surface area contributed by atoms with E-state index in [1.54, 1.807) is 15.1 Å². The molecule has 1 aliphatic rings. The summed E-state index contributed by atoms with van der Waals surface area (Å²) in [7, 11) is 0. The molecule has 1 aromatic carbocycles. The summed E-state index contributed by atoms with van der Waals surface area (Å²) in [5.41, 5.74) is 2.41. The van der Waals surface area contributed by atoms with Crippen LogP contribution in [0.4, 0.5) is 0 Å². The van der Waals surface area contributed by atoms with E-state index in [2.05, 4.69) is 25.9 Å². The normalized spacial score (nSPS) is 17.9. The molecule has 1 aliphatic heterocycles. The van der Waals surface area contributed by atoms with E-state index < -0.39 is 0 Å². The first kappa shape index (κ1) is 17.8. The summed E-state index contributed by atoms with van der Waals surface area (Å²) in [4.78, 5) is 28.1. The molecule has 0 bridgehead atoms. The van der Waals surface area contributed by atoms with Crippen LogP contribution in [-0.4, -0.2) is 37.6 Å². The number of nitrogens with zero attached hydrogens (tertiary/aromatic N) is 4. The first-order valence-corrected chi connectivity index (χ1v) is 9.79. The van der Waals surface area contributed by atoms with Crippen LogP contribution in [-0.2, 0) is 6.54 Å². The van der Waals surface area contributed by atoms with Crippen molar-refractivity contribution in [2.45, 2.75) is 52.6 Å². The fraction of sp³-hybridized carbons (Fsp3) is 0.476. The van der Waals surface area contributed by atoms with Gasteiger partial charge in [-0.3, -0.25) is 9.59 Å². The lowest BCUT2D eigenvalue weighted by molar-refractivity contribution is 0.0629. The molecule has 1 fully saturated rings. The molecule has 2 aromatic heterocycles. The predicted molar refractivity (Wildman–Crippen MR) is 106 cm³/mol. The zero-order valence-electron chi connectivity index (χ0n) is 16.2. The summed E-state index contributed by atoms with van der Waals surface area (Å²) in [6.07, 6.45) is 3.19. The van der Waals surface area contributed by atoms with Crippen molar-refractivity contribution in [2.75, 3.05) is 6.54 Å². The Hall–Kier alpha value is -2.63. The Labute approximate surface area is 158 Å². The second-order valence-electron chi connectivity index (χ2n) is 7.97. The van der Waals surface area contributed by atoms with Crippen molar-refractivity contribution in [3.05, 3.63) is 46.4 Å². The van der Waals surface area contributed by atoms with Gasteiger partial charge < -0.3 is 9.47 Å². The highest BCUT2D eigenvalue weighted by Crippen LogP contribution is 2.21. The molecule has 3 heterocycles. The van der Waals surface area contributed by atoms with Crippen LogP contribution in [0.3, 0.4) is 0 Å². The summed E-state index contributed by atoms with van der Waals surface area (Å²) in [6.45, 7) is 7.65. The lowest BCUT2D eigenvalue weighted by atomic mass is 10.0. The van der Waals surface area contributed by atoms with E-state index in [0.717, 1.165) is 36.8 Å². The van der Waals surface area contributed by atoms with Crippen LogP contribution in [0.1, 0.15) is 50.5 Å². The highest BCUT2D eigenvalue weighted by atomic mass is 16.2. The molecule has 0 radical (unpaired) electrons. The van der Waals surface area contributed by atoms with Crippen LogP contribution >= 0.6 is 0 Å². The molecule has 6 nitrogen and oxygen atoms in total. The van der Waals surface area contributed by atoms with Gasteiger partial charge >= 0.3 is 0 Å². The number of aromatic nitrogens is 3. The molecule has 0 spiro atoms. The summed E-state index contributed by atoms with van der Waals surface area (Å²) in [6, 6.07) is 9.62. The fourth-order valence-electron chi connectivity index (χ4n) is 4.03. The van der Waals surface area contributed by atoms with Gasteiger partial charge in [0.05, 0.1) is 11.0 Å². The molecule has 1 saturated heterocycles. The van der Waals surface area contributed by atoms with Crippen molar-refractivity contribution in [1.29, 1.82) is 0 Å². The quantitative estimate of drug-likeness (QED) is 0.714. The molecule has 3 aromatic rings. The maximum atomic E-state index is 13.1. The lowest BCUT2D eigenvalue weighted by Gasteiger charge is -2.32. The lowest BCUT2D eigenvalue weighted by Crippen LogP contribution is -2.42. The average Bonchev–Trinajstić information content (AvgIpc) is 3.10. The molecule has 4 rings (SSSR count). The molecule has 142 valence electrons. The van der Waals surface area contributed by atoms with Gasteiger partial charge in [0.2, 0.25) is 0 Å². The van der Waals surface area contributed by atoms with Crippen LogP contribution in [0.25, 0.3) is 16.6 Å². The molecule has 27 heavy (non-hydrogen) atoms. The van der Waals surface area contributed by atoms with E-state index >= 15 is 0 Å². The van der Waals surface area contributed by atoms with Crippen molar-refractivity contribution in [1.82, 2.24) is 19.1 Å². The van der Waals surface area contributed by atoms with E-state index in [9.17, 15) is 9.59 Å². The number of carbonyl (C=O) groups is 1. The minimum Gasteiger partial charge on any atom is -0.335 e. The SMILES string of the molecule is CC(C)Cn1c(=O)c2cc(C(=O)N3CCCC[C@H]3C)nn2c2ccccc21. The van der Waals surface area contributed by atoms with Gasteiger partial charge in [0.1, 0.15) is 5.52 Å². The van der Waals surface area contributed by atoms with Crippen molar-refractivity contribution in [3.8, 4) is 0 Å². The van der Waals surface area contributed by atoms with E-state index in [-0.39, 0.29) is 17.5 Å². The topological polar surface area (TPSA) is 59.6 Å². The Kier molecular flexibility index (Phi) is 4.50. The van der Waals surface area contributed by atoms with Crippen LogP contribution in [0.15, 0.2) is 35.1 Å². The van der Waals surface area contributed by atoms with Gasteiger partial charge in [-0.2, -0.15) is 5.10 Å². The number of carbonyl (C=O) groups excluding carboxylic acids is 1.